The van der Waals surface area contributed by atoms with Gasteiger partial charge in [-0.15, -0.1) is 0 Å². The molecule has 128 valence electrons. The number of nitrogens with one attached hydrogen (secondary N) is 1. The summed E-state index contributed by atoms with van der Waals surface area (Å²) in [5.74, 6) is 0.833. The SMILES string of the molecule is O=C1NCCn2c1cc1cc(OCCCN3CCC(O)C3)ccc12. The number of fused-ring (bicyclic) bond motifs is 3. The summed E-state index contributed by atoms with van der Waals surface area (Å²) in [6.07, 6.45) is 1.66. The van der Waals surface area contributed by atoms with E-state index in [-0.39, 0.29) is 12.0 Å². The number of β-amino-alcohol motifs (C(OH)–C–C–N with tert-alkyl or cyclic N) is 1. The molecular weight excluding hydrogens is 306 g/mol. The molecular formula is C18H23N3O3. The fraction of sp³-hybridized carbons (Fsp3) is 0.500. The van der Waals surface area contributed by atoms with Crippen LogP contribution in [0.3, 0.4) is 0 Å². The minimum Gasteiger partial charge on any atom is -0.494 e. The molecule has 0 radical (unpaired) electrons. The predicted molar refractivity (Wildman–Crippen MR) is 91.4 cm³/mol. The van der Waals surface area contributed by atoms with Crippen LogP contribution in [0.5, 0.6) is 5.75 Å². The minimum absolute atomic E-state index is 0.00674. The van der Waals surface area contributed by atoms with Crippen molar-refractivity contribution in [2.75, 3.05) is 32.8 Å². The van der Waals surface area contributed by atoms with Crippen LogP contribution in [0.1, 0.15) is 23.3 Å². The fourth-order valence-corrected chi connectivity index (χ4v) is 3.63. The summed E-state index contributed by atoms with van der Waals surface area (Å²) in [6.45, 7) is 4.87. The number of rotatable bonds is 5. The van der Waals surface area contributed by atoms with Crippen molar-refractivity contribution in [1.82, 2.24) is 14.8 Å². The number of likely N-dealkylation sites (tertiary alicyclic amines) is 1. The monoisotopic (exact) mass is 329 g/mol. The maximum Gasteiger partial charge on any atom is 0.268 e. The molecule has 2 aliphatic rings. The van der Waals surface area contributed by atoms with Crippen LogP contribution >= 0.6 is 0 Å². The van der Waals surface area contributed by atoms with Gasteiger partial charge in [-0.1, -0.05) is 0 Å². The van der Waals surface area contributed by atoms with Crippen LogP contribution in [0.4, 0.5) is 0 Å². The molecule has 4 rings (SSSR count). The number of aromatic nitrogens is 1. The molecule has 0 aliphatic carbocycles. The molecule has 0 saturated carbocycles. The number of ether oxygens (including phenoxy) is 1. The van der Waals surface area contributed by atoms with Gasteiger partial charge in [0.2, 0.25) is 0 Å². The lowest BCUT2D eigenvalue weighted by Gasteiger charge is -2.16. The van der Waals surface area contributed by atoms with E-state index >= 15 is 0 Å². The van der Waals surface area contributed by atoms with E-state index in [2.05, 4.69) is 14.8 Å². The summed E-state index contributed by atoms with van der Waals surface area (Å²) in [6, 6.07) is 7.95. The zero-order chi connectivity index (χ0) is 16.5. The van der Waals surface area contributed by atoms with Crippen LogP contribution in [0.25, 0.3) is 10.9 Å². The third-order valence-corrected chi connectivity index (χ3v) is 4.86. The summed E-state index contributed by atoms with van der Waals surface area (Å²) < 4.78 is 7.93. The molecule has 1 amide bonds. The van der Waals surface area contributed by atoms with Crippen LogP contribution in [0.2, 0.25) is 0 Å². The Hall–Kier alpha value is -2.05. The second-order valence-corrected chi connectivity index (χ2v) is 6.60. The lowest BCUT2D eigenvalue weighted by molar-refractivity contribution is 0.0929. The van der Waals surface area contributed by atoms with Gasteiger partial charge in [-0.3, -0.25) is 4.79 Å². The highest BCUT2D eigenvalue weighted by molar-refractivity contribution is 5.99. The Morgan fingerprint density at radius 3 is 3.04 bits per heavy atom. The number of carbonyl (C=O) groups is 1. The average molecular weight is 329 g/mol. The molecule has 1 aromatic heterocycles. The predicted octanol–water partition coefficient (Wildman–Crippen LogP) is 1.22. The Morgan fingerprint density at radius 1 is 1.29 bits per heavy atom. The zero-order valence-electron chi connectivity index (χ0n) is 13.7. The first-order valence-corrected chi connectivity index (χ1v) is 8.65. The van der Waals surface area contributed by atoms with Crippen molar-refractivity contribution in [1.29, 1.82) is 0 Å². The minimum atomic E-state index is -0.161. The number of amides is 1. The van der Waals surface area contributed by atoms with Crippen molar-refractivity contribution >= 4 is 16.8 Å². The molecule has 2 N–H and O–H groups in total. The number of benzene rings is 1. The van der Waals surface area contributed by atoms with Gasteiger partial charge >= 0.3 is 0 Å². The van der Waals surface area contributed by atoms with Crippen molar-refractivity contribution in [2.45, 2.75) is 25.5 Å². The number of carbonyl (C=O) groups excluding carboxylic acids is 1. The summed E-state index contributed by atoms with van der Waals surface area (Å²) in [5.41, 5.74) is 1.80. The molecule has 2 aliphatic heterocycles. The molecule has 2 aromatic rings. The lowest BCUT2D eigenvalue weighted by atomic mass is 10.2. The first-order valence-electron chi connectivity index (χ1n) is 8.65. The van der Waals surface area contributed by atoms with Crippen LogP contribution in [0, 0.1) is 0 Å². The molecule has 1 atom stereocenters. The van der Waals surface area contributed by atoms with E-state index in [1.807, 2.05) is 24.3 Å². The van der Waals surface area contributed by atoms with Gasteiger partial charge in [0, 0.05) is 43.6 Å². The van der Waals surface area contributed by atoms with Gasteiger partial charge in [0.05, 0.1) is 12.7 Å². The number of aliphatic hydroxyl groups excluding tert-OH is 1. The Kier molecular flexibility index (Phi) is 4.16. The molecule has 6 heteroatoms. The maximum atomic E-state index is 11.9. The molecule has 24 heavy (non-hydrogen) atoms. The van der Waals surface area contributed by atoms with Crippen molar-refractivity contribution < 1.29 is 14.6 Å². The third-order valence-electron chi connectivity index (χ3n) is 4.86. The van der Waals surface area contributed by atoms with Gasteiger partial charge in [-0.2, -0.15) is 0 Å². The first-order chi connectivity index (χ1) is 11.7. The summed E-state index contributed by atoms with van der Waals surface area (Å²) in [4.78, 5) is 14.2. The molecule has 0 spiro atoms. The second kappa shape index (κ2) is 6.45. The van der Waals surface area contributed by atoms with E-state index in [1.54, 1.807) is 0 Å². The quantitative estimate of drug-likeness (QED) is 0.810. The van der Waals surface area contributed by atoms with Crippen LogP contribution < -0.4 is 10.1 Å². The van der Waals surface area contributed by atoms with Crippen LogP contribution in [-0.2, 0) is 6.54 Å². The van der Waals surface area contributed by atoms with Crippen molar-refractivity contribution in [3.63, 3.8) is 0 Å². The van der Waals surface area contributed by atoms with E-state index in [1.165, 1.54) is 0 Å². The van der Waals surface area contributed by atoms with Gasteiger partial charge in [-0.25, -0.2) is 0 Å². The van der Waals surface area contributed by atoms with E-state index in [9.17, 15) is 9.90 Å². The normalized spacial score (nSPS) is 21.0. The molecule has 1 saturated heterocycles. The summed E-state index contributed by atoms with van der Waals surface area (Å²) in [7, 11) is 0. The smallest absolute Gasteiger partial charge is 0.268 e. The highest BCUT2D eigenvalue weighted by Gasteiger charge is 2.20. The maximum absolute atomic E-state index is 11.9. The molecule has 0 bridgehead atoms. The Labute approximate surface area is 141 Å². The molecule has 1 aromatic carbocycles. The van der Waals surface area contributed by atoms with E-state index < -0.39 is 0 Å². The second-order valence-electron chi connectivity index (χ2n) is 6.60. The Balaban J connectivity index is 1.37. The van der Waals surface area contributed by atoms with E-state index in [0.29, 0.717) is 13.2 Å². The Bertz CT molecular complexity index is 755. The summed E-state index contributed by atoms with van der Waals surface area (Å²) >= 11 is 0. The van der Waals surface area contributed by atoms with Crippen molar-refractivity contribution in [3.8, 4) is 5.75 Å². The van der Waals surface area contributed by atoms with Crippen LogP contribution in [0.15, 0.2) is 24.3 Å². The average Bonchev–Trinajstić information content (AvgIpc) is 3.16. The van der Waals surface area contributed by atoms with Gasteiger partial charge in [0.1, 0.15) is 11.4 Å². The third kappa shape index (κ3) is 2.99. The van der Waals surface area contributed by atoms with Gasteiger partial charge in [0.15, 0.2) is 0 Å². The van der Waals surface area contributed by atoms with Crippen molar-refractivity contribution in [3.05, 3.63) is 30.0 Å². The van der Waals surface area contributed by atoms with Crippen LogP contribution in [-0.4, -0.2) is 59.4 Å². The molecule has 6 nitrogen and oxygen atoms in total. The number of hydrogen-bond acceptors (Lipinski definition) is 4. The Morgan fingerprint density at radius 2 is 2.21 bits per heavy atom. The summed E-state index contributed by atoms with van der Waals surface area (Å²) in [5, 5.41) is 13.4. The van der Waals surface area contributed by atoms with E-state index in [0.717, 1.165) is 61.4 Å². The highest BCUT2D eigenvalue weighted by Crippen LogP contribution is 2.26. The zero-order valence-corrected chi connectivity index (χ0v) is 13.7. The number of aliphatic hydroxyl groups is 1. The van der Waals surface area contributed by atoms with Gasteiger partial charge < -0.3 is 24.6 Å². The molecule has 1 fully saturated rings. The first kappa shape index (κ1) is 15.5. The molecule has 3 heterocycles. The largest absolute Gasteiger partial charge is 0.494 e. The van der Waals surface area contributed by atoms with E-state index in [4.69, 9.17) is 4.74 Å². The number of nitrogens with zero attached hydrogens (tertiary/aromatic N) is 2. The number of hydrogen-bond donors (Lipinski definition) is 2. The topological polar surface area (TPSA) is 66.7 Å². The lowest BCUT2D eigenvalue weighted by Crippen LogP contribution is -2.34. The highest BCUT2D eigenvalue weighted by atomic mass is 16.5. The van der Waals surface area contributed by atoms with Gasteiger partial charge in [0.25, 0.3) is 5.91 Å². The standard InChI is InChI=1S/C18H23N3O3/c22-14-4-7-20(12-14)6-1-9-24-15-2-3-16-13(10-15)11-17-18(23)19-5-8-21(16)17/h2-3,10-11,14,22H,1,4-9,12H2,(H,19,23). The van der Waals surface area contributed by atoms with Gasteiger partial charge in [-0.05, 0) is 37.1 Å². The fourth-order valence-electron chi connectivity index (χ4n) is 3.63. The molecule has 1 unspecified atom stereocenters. The van der Waals surface area contributed by atoms with Crippen molar-refractivity contribution in [2.24, 2.45) is 0 Å².